The second-order valence-corrected chi connectivity index (χ2v) is 9.03. The van der Waals surface area contributed by atoms with E-state index in [0.29, 0.717) is 43.2 Å². The number of piperidine rings is 1. The molecule has 4 rings (SSSR count). The molecule has 0 spiro atoms. The molecule has 2 aliphatic rings. The van der Waals surface area contributed by atoms with Crippen LogP contribution >= 0.6 is 11.3 Å². The monoisotopic (exact) mass is 441 g/mol. The number of anilines is 1. The van der Waals surface area contributed by atoms with Gasteiger partial charge in [-0.3, -0.25) is 19.7 Å². The molecule has 8 heteroatoms. The minimum absolute atomic E-state index is 0.0782. The van der Waals surface area contributed by atoms with Crippen molar-refractivity contribution in [3.63, 3.8) is 0 Å². The van der Waals surface area contributed by atoms with Gasteiger partial charge in [0, 0.05) is 23.5 Å². The zero-order valence-electron chi connectivity index (χ0n) is 17.6. The lowest BCUT2D eigenvalue weighted by molar-refractivity contribution is -0.151. The molecule has 2 aromatic rings. The predicted octanol–water partition coefficient (Wildman–Crippen LogP) is 3.62. The number of hydrogen-bond donors (Lipinski definition) is 1. The molecular formula is C23H27N3O4S. The summed E-state index contributed by atoms with van der Waals surface area (Å²) in [5.74, 6) is -0.676. The summed E-state index contributed by atoms with van der Waals surface area (Å²) in [5.41, 5.74) is 1.38. The van der Waals surface area contributed by atoms with Crippen LogP contribution in [0.4, 0.5) is 5.13 Å². The maximum absolute atomic E-state index is 13.3. The van der Waals surface area contributed by atoms with E-state index in [-0.39, 0.29) is 29.6 Å². The number of esters is 1. The molecule has 2 heterocycles. The van der Waals surface area contributed by atoms with Crippen LogP contribution in [-0.4, -0.2) is 47.4 Å². The van der Waals surface area contributed by atoms with E-state index in [1.54, 1.807) is 12.1 Å². The molecular weight excluding hydrogens is 414 g/mol. The lowest BCUT2D eigenvalue weighted by Crippen LogP contribution is -2.43. The van der Waals surface area contributed by atoms with E-state index < -0.39 is 0 Å². The molecule has 0 saturated carbocycles. The molecule has 1 N–H and O–H groups in total. The third-order valence-electron chi connectivity index (χ3n) is 5.94. The molecule has 31 heavy (non-hydrogen) atoms. The highest BCUT2D eigenvalue weighted by Crippen LogP contribution is 2.38. The Hall–Kier alpha value is -2.74. The fourth-order valence-corrected chi connectivity index (χ4v) is 5.35. The predicted molar refractivity (Wildman–Crippen MR) is 118 cm³/mol. The number of aryl methyl sites for hydroxylation is 1. The Morgan fingerprint density at radius 1 is 1.16 bits per heavy atom. The summed E-state index contributed by atoms with van der Waals surface area (Å²) in [6.45, 7) is 3.32. The molecule has 0 bridgehead atoms. The molecule has 1 saturated heterocycles. The summed E-state index contributed by atoms with van der Waals surface area (Å²) >= 11 is 1.46. The molecule has 0 radical (unpaired) electrons. The van der Waals surface area contributed by atoms with Gasteiger partial charge in [-0.2, -0.15) is 0 Å². The number of aromatic nitrogens is 1. The Labute approximate surface area is 185 Å². The van der Waals surface area contributed by atoms with Crippen molar-refractivity contribution in [1.29, 1.82) is 0 Å². The van der Waals surface area contributed by atoms with E-state index in [2.05, 4.69) is 10.3 Å². The first-order valence-electron chi connectivity index (χ1n) is 10.9. The molecule has 1 aliphatic carbocycles. The smallest absolute Gasteiger partial charge is 0.309 e. The van der Waals surface area contributed by atoms with E-state index in [1.807, 2.05) is 30.0 Å². The highest BCUT2D eigenvalue weighted by Gasteiger charge is 2.36. The van der Waals surface area contributed by atoms with Crippen LogP contribution in [0.5, 0.6) is 0 Å². The Morgan fingerprint density at radius 2 is 1.90 bits per heavy atom. The number of rotatable bonds is 5. The number of nitrogens with zero attached hydrogens (tertiary/aromatic N) is 2. The maximum atomic E-state index is 13.3. The van der Waals surface area contributed by atoms with Gasteiger partial charge in [0.15, 0.2) is 5.13 Å². The zero-order valence-corrected chi connectivity index (χ0v) is 18.5. The number of likely N-dealkylation sites (tertiary alicyclic amines) is 1. The standard InChI is InChI=1S/C23H27N3O4S/c1-2-30-22(29)16-11-13-26(14-12-16)21(28)17-9-6-10-18-19(17)24-23(31-18)25-20(27)15-7-4-3-5-8-15/h3-5,7-8,16-17H,2,6,9-14H2,1H3,(H,24,25,27). The minimum atomic E-state index is -0.276. The first kappa shape index (κ1) is 21.5. The molecule has 164 valence electrons. The zero-order chi connectivity index (χ0) is 21.8. The molecule has 2 amide bonds. The van der Waals surface area contributed by atoms with Crippen molar-refractivity contribution < 1.29 is 19.1 Å². The van der Waals surface area contributed by atoms with Gasteiger partial charge in [-0.15, -0.1) is 11.3 Å². The average Bonchev–Trinajstić information content (AvgIpc) is 3.22. The Kier molecular flexibility index (Phi) is 6.65. The lowest BCUT2D eigenvalue weighted by atomic mass is 9.88. The summed E-state index contributed by atoms with van der Waals surface area (Å²) in [6, 6.07) is 9.03. The highest BCUT2D eigenvalue weighted by atomic mass is 32.1. The number of ether oxygens (including phenoxy) is 1. The van der Waals surface area contributed by atoms with Crippen LogP contribution in [-0.2, 0) is 20.7 Å². The van der Waals surface area contributed by atoms with Crippen LogP contribution in [0.25, 0.3) is 0 Å². The van der Waals surface area contributed by atoms with Gasteiger partial charge in [-0.25, -0.2) is 4.98 Å². The second-order valence-electron chi connectivity index (χ2n) is 7.94. The fourth-order valence-electron chi connectivity index (χ4n) is 4.29. The van der Waals surface area contributed by atoms with E-state index in [4.69, 9.17) is 4.74 Å². The number of nitrogens with one attached hydrogen (secondary N) is 1. The summed E-state index contributed by atoms with van der Waals surface area (Å²) in [5, 5.41) is 3.42. The van der Waals surface area contributed by atoms with Crippen LogP contribution in [0, 0.1) is 5.92 Å². The van der Waals surface area contributed by atoms with Gasteiger partial charge < -0.3 is 9.64 Å². The number of thiazole rings is 1. The summed E-state index contributed by atoms with van der Waals surface area (Å²) in [7, 11) is 0. The second kappa shape index (κ2) is 9.60. The van der Waals surface area contributed by atoms with Crippen LogP contribution in [0.3, 0.4) is 0 Å². The van der Waals surface area contributed by atoms with Crippen LogP contribution in [0.1, 0.15) is 59.5 Å². The SMILES string of the molecule is CCOC(=O)C1CCN(C(=O)C2CCCc3sc(NC(=O)c4ccccc4)nc32)CC1. The quantitative estimate of drug-likeness (QED) is 0.716. The Morgan fingerprint density at radius 3 is 2.61 bits per heavy atom. The molecule has 1 atom stereocenters. The number of benzene rings is 1. The molecule has 7 nitrogen and oxygen atoms in total. The molecule has 1 aliphatic heterocycles. The molecule has 1 unspecified atom stereocenters. The van der Waals surface area contributed by atoms with Crippen molar-refractivity contribution in [1.82, 2.24) is 9.88 Å². The molecule has 1 fully saturated rings. The molecule has 1 aromatic heterocycles. The minimum Gasteiger partial charge on any atom is -0.466 e. The van der Waals surface area contributed by atoms with Crippen molar-refractivity contribution in [2.75, 3.05) is 25.0 Å². The van der Waals surface area contributed by atoms with Gasteiger partial charge in [0.1, 0.15) is 0 Å². The van der Waals surface area contributed by atoms with E-state index >= 15 is 0 Å². The number of carbonyl (C=O) groups excluding carboxylic acids is 3. The van der Waals surface area contributed by atoms with Crippen molar-refractivity contribution in [3.8, 4) is 0 Å². The van der Waals surface area contributed by atoms with Gasteiger partial charge in [-0.1, -0.05) is 18.2 Å². The van der Waals surface area contributed by atoms with Crippen molar-refractivity contribution in [3.05, 3.63) is 46.5 Å². The van der Waals surface area contributed by atoms with Crippen LogP contribution < -0.4 is 5.32 Å². The van der Waals surface area contributed by atoms with Gasteiger partial charge in [-0.05, 0) is 51.2 Å². The Balaban J connectivity index is 1.42. The number of amides is 2. The summed E-state index contributed by atoms with van der Waals surface area (Å²) in [4.78, 5) is 45.3. The summed E-state index contributed by atoms with van der Waals surface area (Å²) in [6.07, 6.45) is 3.85. The first-order chi connectivity index (χ1) is 15.1. The highest BCUT2D eigenvalue weighted by molar-refractivity contribution is 7.16. The maximum Gasteiger partial charge on any atom is 0.309 e. The van der Waals surface area contributed by atoms with Crippen molar-refractivity contribution in [2.24, 2.45) is 5.92 Å². The van der Waals surface area contributed by atoms with E-state index in [0.717, 1.165) is 29.8 Å². The topological polar surface area (TPSA) is 88.6 Å². The van der Waals surface area contributed by atoms with Crippen molar-refractivity contribution >= 4 is 34.3 Å². The third-order valence-corrected chi connectivity index (χ3v) is 6.98. The van der Waals surface area contributed by atoms with Gasteiger partial charge >= 0.3 is 5.97 Å². The lowest BCUT2D eigenvalue weighted by Gasteiger charge is -2.34. The largest absolute Gasteiger partial charge is 0.466 e. The first-order valence-corrected chi connectivity index (χ1v) is 11.7. The number of hydrogen-bond acceptors (Lipinski definition) is 6. The van der Waals surface area contributed by atoms with Gasteiger partial charge in [0.25, 0.3) is 5.91 Å². The van der Waals surface area contributed by atoms with Crippen LogP contribution in [0.2, 0.25) is 0 Å². The van der Waals surface area contributed by atoms with E-state index in [9.17, 15) is 14.4 Å². The number of fused-ring (bicyclic) bond motifs is 1. The summed E-state index contributed by atoms with van der Waals surface area (Å²) < 4.78 is 5.12. The average molecular weight is 442 g/mol. The fraction of sp³-hybridized carbons (Fsp3) is 0.478. The van der Waals surface area contributed by atoms with Gasteiger partial charge in [0.05, 0.1) is 24.1 Å². The van der Waals surface area contributed by atoms with Crippen molar-refractivity contribution in [2.45, 2.75) is 44.9 Å². The molecule has 1 aromatic carbocycles. The van der Waals surface area contributed by atoms with Crippen LogP contribution in [0.15, 0.2) is 30.3 Å². The van der Waals surface area contributed by atoms with Gasteiger partial charge in [0.2, 0.25) is 5.91 Å². The third kappa shape index (κ3) is 4.79. The number of carbonyl (C=O) groups is 3. The normalized spacial score (nSPS) is 18.9. The Bertz CT molecular complexity index is 951. The van der Waals surface area contributed by atoms with E-state index in [1.165, 1.54) is 11.3 Å².